The minimum absolute atomic E-state index is 0.0440. The molecule has 9 amide bonds. The zero-order valence-corrected chi connectivity index (χ0v) is 44.3. The van der Waals surface area contributed by atoms with Gasteiger partial charge in [-0.2, -0.15) is 0 Å². The Labute approximate surface area is 436 Å². The van der Waals surface area contributed by atoms with Crippen LogP contribution in [-0.2, 0) is 49.6 Å². The number of hydrogen-bond donors (Lipinski definition) is 14. The second-order valence-electron chi connectivity index (χ2n) is 19.9. The molecule has 0 unspecified atom stereocenters. The number of hydrogen-bond acceptors (Lipinski definition) is 14. The molecular weight excluding hydrogens is 955 g/mol. The van der Waals surface area contributed by atoms with Gasteiger partial charge in [0.05, 0.1) is 12.5 Å². The third-order valence-electron chi connectivity index (χ3n) is 12.4. The minimum atomic E-state index is -1.47. The van der Waals surface area contributed by atoms with Crippen LogP contribution in [0.25, 0.3) is 0 Å². The number of amides is 9. The molecule has 23 nitrogen and oxygen atoms in total. The van der Waals surface area contributed by atoms with Gasteiger partial charge in [-0.1, -0.05) is 97.1 Å². The molecule has 18 N–H and O–H groups in total. The molecule has 1 aliphatic rings. The van der Waals surface area contributed by atoms with Crippen molar-refractivity contribution in [3.63, 3.8) is 0 Å². The smallest absolute Gasteiger partial charge is 0.243 e. The maximum atomic E-state index is 14.4. The van der Waals surface area contributed by atoms with Crippen molar-refractivity contribution in [3.05, 3.63) is 35.9 Å². The SMILES string of the molecule is CCCCCCC[C@@H](O)CC(=O)N[C@H](CCN)C(=O)N[C@H]1CCNC(=O)[C@H](CC(C)C)NC(=O)[C@H](CCN)NC(=O)[C@H](CCN)NC(=O)[C@@H](CC(C)C)NC(=O)[C@H](Cc2ccccc2)NC(=O)[C@H](CCN)NC1=O. The molecule has 23 heteroatoms. The van der Waals surface area contributed by atoms with Gasteiger partial charge in [0.25, 0.3) is 0 Å². The van der Waals surface area contributed by atoms with Crippen LogP contribution in [0.1, 0.15) is 130 Å². The summed E-state index contributed by atoms with van der Waals surface area (Å²) in [5.41, 5.74) is 24.2. The molecule has 0 aromatic heterocycles. The number of carbonyl (C=O) groups is 9. The topological polar surface area (TPSA) is 386 Å². The second kappa shape index (κ2) is 35.4. The standard InChI is InChI=1S/C51H89N13O10/c1-6-7-8-9-13-16-34(65)30-43(66)57-35(17-22-52)45(68)61-39-21-26-56-44(67)40(27-31(2)3)62-47(70)37(19-24-54)58-46(69)36(18-23-53)60-50(73)41(28-32(4)5)63-51(74)42(29-33-14-11-10-12-15-33)64-48(71)38(20-25-55)59-49(39)72/h10-12,14-15,31-32,34-42,65H,6-9,13,16-30,52-55H2,1-5H3,(H,56,67)(H,57,66)(H,58,69)(H,59,72)(H,60,73)(H,61,68)(H,62,70)(H,63,74)(H,64,71)/t34-,35-,36+,37+,38+,39+,40+,41-,42+/m1/s1. The third-order valence-corrected chi connectivity index (χ3v) is 12.4. The molecule has 74 heavy (non-hydrogen) atoms. The summed E-state index contributed by atoms with van der Waals surface area (Å²) in [6, 6.07) is -1.57. The first-order valence-corrected chi connectivity index (χ1v) is 26.5. The average molecular weight is 1040 g/mol. The zero-order valence-electron chi connectivity index (χ0n) is 44.3. The molecule has 1 aromatic carbocycles. The van der Waals surface area contributed by atoms with Crippen LogP contribution in [0.3, 0.4) is 0 Å². The molecule has 1 aromatic rings. The summed E-state index contributed by atoms with van der Waals surface area (Å²) in [7, 11) is 0. The van der Waals surface area contributed by atoms with Crippen LogP contribution in [0, 0.1) is 11.8 Å². The Bertz CT molecular complexity index is 1930. The van der Waals surface area contributed by atoms with Crippen molar-refractivity contribution in [3.8, 4) is 0 Å². The van der Waals surface area contributed by atoms with Gasteiger partial charge in [0.15, 0.2) is 0 Å². The van der Waals surface area contributed by atoms with Crippen molar-refractivity contribution < 1.29 is 48.3 Å². The fraction of sp³-hybridized carbons (Fsp3) is 0.706. The molecule has 1 heterocycles. The van der Waals surface area contributed by atoms with E-state index in [0.717, 1.165) is 32.1 Å². The van der Waals surface area contributed by atoms with Crippen molar-refractivity contribution in [2.75, 3.05) is 32.7 Å². The van der Waals surface area contributed by atoms with E-state index in [2.05, 4.69) is 54.8 Å². The monoisotopic (exact) mass is 1040 g/mol. The average Bonchev–Trinajstić information content (AvgIpc) is 3.34. The van der Waals surface area contributed by atoms with Gasteiger partial charge in [-0.05, 0) is 94.9 Å². The third kappa shape index (κ3) is 24.5. The van der Waals surface area contributed by atoms with E-state index in [1.165, 1.54) is 0 Å². The lowest BCUT2D eigenvalue weighted by Gasteiger charge is -2.28. The van der Waals surface area contributed by atoms with E-state index in [1.54, 1.807) is 30.3 Å². The highest BCUT2D eigenvalue weighted by Crippen LogP contribution is 2.13. The van der Waals surface area contributed by atoms with Crippen LogP contribution >= 0.6 is 0 Å². The summed E-state index contributed by atoms with van der Waals surface area (Å²) < 4.78 is 0. The normalized spacial score (nSPS) is 23.0. The summed E-state index contributed by atoms with van der Waals surface area (Å²) in [6.45, 7) is 8.90. The molecule has 9 atom stereocenters. The van der Waals surface area contributed by atoms with Gasteiger partial charge in [-0.25, -0.2) is 0 Å². The second-order valence-corrected chi connectivity index (χ2v) is 19.9. The van der Waals surface area contributed by atoms with Gasteiger partial charge in [-0.15, -0.1) is 0 Å². The first kappa shape index (κ1) is 64.4. The summed E-state index contributed by atoms with van der Waals surface area (Å²) in [6.07, 6.45) is 3.59. The first-order chi connectivity index (χ1) is 35.3. The number of unbranched alkanes of at least 4 members (excludes halogenated alkanes) is 4. The highest BCUT2D eigenvalue weighted by atomic mass is 16.3. The van der Waals surface area contributed by atoms with Crippen molar-refractivity contribution in [2.45, 2.75) is 185 Å². The van der Waals surface area contributed by atoms with Gasteiger partial charge in [0, 0.05) is 13.0 Å². The molecule has 1 fully saturated rings. The molecule has 0 spiro atoms. The highest BCUT2D eigenvalue weighted by molar-refractivity contribution is 5.98. The van der Waals surface area contributed by atoms with Gasteiger partial charge in [0.2, 0.25) is 53.2 Å². The van der Waals surface area contributed by atoms with Gasteiger partial charge < -0.3 is 75.9 Å². The predicted octanol–water partition coefficient (Wildman–Crippen LogP) is -1.77. The highest BCUT2D eigenvalue weighted by Gasteiger charge is 2.35. The van der Waals surface area contributed by atoms with Gasteiger partial charge >= 0.3 is 0 Å². The van der Waals surface area contributed by atoms with Gasteiger partial charge in [0.1, 0.15) is 48.3 Å². The van der Waals surface area contributed by atoms with E-state index in [4.69, 9.17) is 22.9 Å². The molecule has 0 aliphatic carbocycles. The number of nitrogens with one attached hydrogen (secondary N) is 9. The van der Waals surface area contributed by atoms with Crippen LogP contribution in [0.5, 0.6) is 0 Å². The number of nitrogens with two attached hydrogens (primary N) is 4. The van der Waals surface area contributed by atoms with Crippen molar-refractivity contribution in [1.82, 2.24) is 47.9 Å². The molecule has 1 aliphatic heterocycles. The van der Waals surface area contributed by atoms with Crippen LogP contribution in [0.2, 0.25) is 0 Å². The molecular formula is C51H89N13O10. The van der Waals surface area contributed by atoms with Crippen LogP contribution in [0.4, 0.5) is 0 Å². The molecule has 0 saturated carbocycles. The van der Waals surface area contributed by atoms with Crippen LogP contribution < -0.4 is 70.8 Å². The van der Waals surface area contributed by atoms with Crippen LogP contribution in [-0.4, -0.2) is 145 Å². The van der Waals surface area contributed by atoms with Gasteiger partial charge in [-0.3, -0.25) is 43.2 Å². The summed E-state index contributed by atoms with van der Waals surface area (Å²) >= 11 is 0. The molecule has 0 radical (unpaired) electrons. The minimum Gasteiger partial charge on any atom is -0.393 e. The number of aliphatic hydroxyl groups excluding tert-OH is 1. The molecule has 1 saturated heterocycles. The molecule has 0 bridgehead atoms. The summed E-state index contributed by atoms with van der Waals surface area (Å²) in [4.78, 5) is 126. The number of aliphatic hydroxyl groups is 1. The van der Waals surface area contributed by atoms with Crippen molar-refractivity contribution in [2.24, 2.45) is 34.8 Å². The predicted molar refractivity (Wildman–Crippen MR) is 281 cm³/mol. The van der Waals surface area contributed by atoms with E-state index in [1.807, 2.05) is 27.7 Å². The number of rotatable bonds is 25. The van der Waals surface area contributed by atoms with E-state index in [0.29, 0.717) is 12.0 Å². The summed E-state index contributed by atoms with van der Waals surface area (Å²) in [5.74, 6) is -7.07. The Morgan fingerprint density at radius 3 is 1.55 bits per heavy atom. The maximum Gasteiger partial charge on any atom is 0.243 e. The Morgan fingerprint density at radius 1 is 0.595 bits per heavy atom. The molecule has 2 rings (SSSR count). The first-order valence-electron chi connectivity index (χ1n) is 26.5. The van der Waals surface area contributed by atoms with E-state index in [9.17, 15) is 48.3 Å². The van der Waals surface area contributed by atoms with Crippen LogP contribution in [0.15, 0.2) is 30.3 Å². The van der Waals surface area contributed by atoms with E-state index in [-0.39, 0.29) is 102 Å². The summed E-state index contributed by atoms with van der Waals surface area (Å²) in [5, 5.41) is 34.7. The lowest BCUT2D eigenvalue weighted by atomic mass is 10.00. The van der Waals surface area contributed by atoms with E-state index < -0.39 is 108 Å². The van der Waals surface area contributed by atoms with Crippen molar-refractivity contribution >= 4 is 53.2 Å². The maximum absolute atomic E-state index is 14.4. The number of benzene rings is 1. The van der Waals surface area contributed by atoms with E-state index >= 15 is 0 Å². The largest absolute Gasteiger partial charge is 0.393 e. The number of carbonyl (C=O) groups excluding carboxylic acids is 9. The Balaban J connectivity index is 2.68. The lowest BCUT2D eigenvalue weighted by molar-refractivity contribution is -0.136. The Kier molecular flexibility index (Phi) is 30.8. The van der Waals surface area contributed by atoms with Crippen molar-refractivity contribution in [1.29, 1.82) is 0 Å². The fourth-order valence-electron chi connectivity index (χ4n) is 8.40. The molecule has 418 valence electrons. The fourth-order valence-corrected chi connectivity index (χ4v) is 8.40. The Hall–Kier alpha value is -5.75. The quantitative estimate of drug-likeness (QED) is 0.0482. The lowest BCUT2D eigenvalue weighted by Crippen LogP contribution is -2.61. The zero-order chi connectivity index (χ0) is 55.2. The Morgan fingerprint density at radius 2 is 1.05 bits per heavy atom.